The number of ketones is 1. The number of fused-ring (bicyclic) bond motifs is 4. The molecule has 2 aliphatic rings. The molecule has 9 heteroatoms. The summed E-state index contributed by atoms with van der Waals surface area (Å²) in [7, 11) is 0. The van der Waals surface area contributed by atoms with E-state index in [0.717, 1.165) is 29.7 Å². The quantitative estimate of drug-likeness (QED) is 0.366. The van der Waals surface area contributed by atoms with Crippen LogP contribution < -0.4 is 15.6 Å². The Hall–Kier alpha value is -2.65. The number of amides is 1. The normalized spacial score (nSPS) is 17.8. The number of nitrogens with zero attached hydrogens (tertiary/aromatic N) is 1. The van der Waals surface area contributed by atoms with Crippen LogP contribution in [0.4, 0.5) is 5.69 Å². The fourth-order valence-electron chi connectivity index (χ4n) is 3.87. The first-order chi connectivity index (χ1) is 14.5. The molecule has 5 rings (SSSR count). The molecule has 0 spiro atoms. The van der Waals surface area contributed by atoms with Crippen LogP contribution in [0.3, 0.4) is 0 Å². The molecule has 1 unspecified atom stereocenters. The fraction of sp³-hybridized carbons (Fsp3) is 0.333. The molecule has 1 aliphatic heterocycles. The Morgan fingerprint density at radius 1 is 1.37 bits per heavy atom. The molecule has 0 bridgehead atoms. The van der Waals surface area contributed by atoms with Crippen molar-refractivity contribution in [3.05, 3.63) is 44.6 Å². The summed E-state index contributed by atoms with van der Waals surface area (Å²) in [6.45, 7) is 2.21. The van der Waals surface area contributed by atoms with Gasteiger partial charge in [-0.3, -0.25) is 14.4 Å². The molecule has 0 fully saturated rings. The SMILES string of the molecule is CC1CCc2c(sc3nc(SCC(=O)c4ccc5c(c4)NC(=O)CO5)[nH]c(=O)c23)C1. The van der Waals surface area contributed by atoms with Gasteiger partial charge in [0.25, 0.3) is 11.5 Å². The predicted octanol–water partition coefficient (Wildman–Crippen LogP) is 3.42. The zero-order chi connectivity index (χ0) is 20.8. The number of benzene rings is 1. The monoisotopic (exact) mass is 441 g/mol. The number of hydrogen-bond acceptors (Lipinski definition) is 7. The van der Waals surface area contributed by atoms with Gasteiger partial charge in [0.05, 0.1) is 16.8 Å². The summed E-state index contributed by atoms with van der Waals surface area (Å²) in [6.07, 6.45) is 3.01. The highest BCUT2D eigenvalue weighted by molar-refractivity contribution is 7.99. The van der Waals surface area contributed by atoms with E-state index in [0.29, 0.717) is 33.5 Å². The largest absolute Gasteiger partial charge is 0.482 e. The van der Waals surface area contributed by atoms with E-state index in [1.165, 1.54) is 16.6 Å². The van der Waals surface area contributed by atoms with Crippen LogP contribution in [0.1, 0.15) is 34.1 Å². The van der Waals surface area contributed by atoms with Gasteiger partial charge in [-0.15, -0.1) is 11.3 Å². The van der Waals surface area contributed by atoms with Crippen LogP contribution >= 0.6 is 23.1 Å². The minimum absolute atomic E-state index is 0.0251. The van der Waals surface area contributed by atoms with Crippen molar-refractivity contribution in [2.75, 3.05) is 17.7 Å². The van der Waals surface area contributed by atoms with E-state index < -0.39 is 0 Å². The third kappa shape index (κ3) is 3.52. The highest BCUT2D eigenvalue weighted by Gasteiger charge is 2.23. The maximum absolute atomic E-state index is 12.7. The highest BCUT2D eigenvalue weighted by atomic mass is 32.2. The Kier molecular flexibility index (Phi) is 4.86. The average molecular weight is 442 g/mol. The lowest BCUT2D eigenvalue weighted by molar-refractivity contribution is -0.118. The van der Waals surface area contributed by atoms with Crippen molar-refractivity contribution < 1.29 is 14.3 Å². The van der Waals surface area contributed by atoms with Gasteiger partial charge in [0, 0.05) is 10.4 Å². The molecule has 0 radical (unpaired) electrons. The number of aryl methyl sites for hydroxylation is 1. The first-order valence-corrected chi connectivity index (χ1v) is 11.6. The number of carbonyl (C=O) groups excluding carboxylic acids is 2. The van der Waals surface area contributed by atoms with Crippen LogP contribution in [-0.2, 0) is 17.6 Å². The summed E-state index contributed by atoms with van der Waals surface area (Å²) < 4.78 is 5.32. The number of aromatic nitrogens is 2. The number of thioether (sulfide) groups is 1. The number of H-pyrrole nitrogens is 1. The summed E-state index contributed by atoms with van der Waals surface area (Å²) in [5, 5.41) is 3.86. The fourth-order valence-corrected chi connectivity index (χ4v) is 6.07. The minimum Gasteiger partial charge on any atom is -0.482 e. The molecule has 0 saturated heterocycles. The lowest BCUT2D eigenvalue weighted by Gasteiger charge is -2.18. The van der Waals surface area contributed by atoms with Crippen molar-refractivity contribution in [3.8, 4) is 5.75 Å². The molecule has 7 nitrogen and oxygen atoms in total. The number of nitrogens with one attached hydrogen (secondary N) is 2. The van der Waals surface area contributed by atoms with E-state index in [1.807, 2.05) is 0 Å². The summed E-state index contributed by atoms with van der Waals surface area (Å²) in [4.78, 5) is 46.3. The smallest absolute Gasteiger partial charge is 0.262 e. The Labute approximate surface area is 180 Å². The van der Waals surface area contributed by atoms with Gasteiger partial charge in [-0.1, -0.05) is 18.7 Å². The number of hydrogen-bond donors (Lipinski definition) is 2. The van der Waals surface area contributed by atoms with Gasteiger partial charge in [0.1, 0.15) is 10.6 Å². The van der Waals surface area contributed by atoms with E-state index in [1.54, 1.807) is 29.5 Å². The summed E-state index contributed by atoms with van der Waals surface area (Å²) >= 11 is 2.80. The highest BCUT2D eigenvalue weighted by Crippen LogP contribution is 2.36. The number of Topliss-reactive ketones (excluding diaryl/α,β-unsaturated/α-hetero) is 1. The average Bonchev–Trinajstić information content (AvgIpc) is 3.09. The second-order valence-corrected chi connectivity index (χ2v) is 9.71. The van der Waals surface area contributed by atoms with Gasteiger partial charge in [-0.2, -0.15) is 0 Å². The van der Waals surface area contributed by atoms with Crippen LogP contribution in [-0.4, -0.2) is 34.0 Å². The van der Waals surface area contributed by atoms with Crippen molar-refractivity contribution >= 4 is 50.7 Å². The number of aromatic amines is 1. The van der Waals surface area contributed by atoms with Crippen LogP contribution in [0.25, 0.3) is 10.2 Å². The van der Waals surface area contributed by atoms with E-state index in [9.17, 15) is 14.4 Å². The molecule has 1 aromatic carbocycles. The first kappa shape index (κ1) is 19.3. The van der Waals surface area contributed by atoms with Gasteiger partial charge >= 0.3 is 0 Å². The number of carbonyl (C=O) groups is 2. The zero-order valence-electron chi connectivity index (χ0n) is 16.2. The molecule has 2 aromatic heterocycles. The maximum atomic E-state index is 12.7. The van der Waals surface area contributed by atoms with Crippen LogP contribution in [0.5, 0.6) is 5.75 Å². The minimum atomic E-state index is -0.246. The number of rotatable bonds is 4. The van der Waals surface area contributed by atoms with Crippen LogP contribution in [0.15, 0.2) is 28.2 Å². The third-order valence-electron chi connectivity index (χ3n) is 5.42. The van der Waals surface area contributed by atoms with Crippen molar-refractivity contribution in [1.82, 2.24) is 9.97 Å². The Bertz CT molecular complexity index is 1250. The van der Waals surface area contributed by atoms with Gasteiger partial charge in [-0.25, -0.2) is 4.98 Å². The van der Waals surface area contributed by atoms with Crippen molar-refractivity contribution in [2.24, 2.45) is 5.92 Å². The second-order valence-electron chi connectivity index (χ2n) is 7.66. The molecule has 3 heterocycles. The molecule has 154 valence electrons. The maximum Gasteiger partial charge on any atom is 0.262 e. The van der Waals surface area contributed by atoms with Crippen LogP contribution in [0.2, 0.25) is 0 Å². The molecule has 30 heavy (non-hydrogen) atoms. The van der Waals surface area contributed by atoms with Gasteiger partial charge in [0.2, 0.25) is 0 Å². The standard InChI is InChI=1S/C21H19N3O4S2/c1-10-2-4-12-16(6-10)30-20-18(12)19(27)23-21(24-20)29-9-14(25)11-3-5-15-13(7-11)22-17(26)8-28-15/h3,5,7,10H,2,4,6,8-9H2,1H3,(H,22,26)(H,23,24,27). The van der Waals surface area contributed by atoms with Crippen molar-refractivity contribution in [1.29, 1.82) is 0 Å². The lowest BCUT2D eigenvalue weighted by Crippen LogP contribution is -2.25. The van der Waals surface area contributed by atoms with E-state index in [2.05, 4.69) is 22.2 Å². The third-order valence-corrected chi connectivity index (χ3v) is 7.44. The number of thiophene rings is 1. The molecular formula is C21H19N3O4S2. The van der Waals surface area contributed by atoms with Gasteiger partial charge in [0.15, 0.2) is 17.5 Å². The molecule has 1 amide bonds. The Morgan fingerprint density at radius 3 is 3.10 bits per heavy atom. The number of ether oxygens (including phenoxy) is 1. The second kappa shape index (κ2) is 7.55. The zero-order valence-corrected chi connectivity index (χ0v) is 17.9. The summed E-state index contributed by atoms with van der Waals surface area (Å²) in [5.41, 5.74) is 1.98. The topological polar surface area (TPSA) is 101 Å². The molecule has 0 saturated carbocycles. The van der Waals surface area contributed by atoms with Crippen molar-refractivity contribution in [3.63, 3.8) is 0 Å². The molecule has 1 atom stereocenters. The van der Waals surface area contributed by atoms with Gasteiger partial charge < -0.3 is 15.0 Å². The molecule has 1 aliphatic carbocycles. The van der Waals surface area contributed by atoms with Crippen LogP contribution in [0, 0.1) is 5.92 Å². The summed E-state index contributed by atoms with van der Waals surface area (Å²) in [6, 6.07) is 4.96. The van der Waals surface area contributed by atoms with E-state index in [4.69, 9.17) is 4.74 Å². The predicted molar refractivity (Wildman–Crippen MR) is 117 cm³/mol. The first-order valence-electron chi connectivity index (χ1n) is 9.75. The summed E-state index contributed by atoms with van der Waals surface area (Å²) in [5.74, 6) is 0.938. The van der Waals surface area contributed by atoms with E-state index >= 15 is 0 Å². The molecular weight excluding hydrogens is 422 g/mol. The molecule has 3 aromatic rings. The van der Waals surface area contributed by atoms with Crippen molar-refractivity contribution in [2.45, 2.75) is 31.3 Å². The number of anilines is 1. The lowest BCUT2D eigenvalue weighted by atomic mass is 9.89. The Morgan fingerprint density at radius 2 is 2.23 bits per heavy atom. The Balaban J connectivity index is 1.35. The van der Waals surface area contributed by atoms with E-state index in [-0.39, 0.29) is 29.6 Å². The van der Waals surface area contributed by atoms with Gasteiger partial charge in [-0.05, 0) is 48.9 Å². The molecule has 2 N–H and O–H groups in total.